The van der Waals surface area contributed by atoms with E-state index < -0.39 is 5.97 Å². The molecule has 2 aromatic heterocycles. The van der Waals surface area contributed by atoms with Crippen LogP contribution in [-0.2, 0) is 17.9 Å². The Balaban J connectivity index is 1.37. The average Bonchev–Trinajstić information content (AvgIpc) is 3.46. The molecular formula is C25H26N4O3. The third-order valence-corrected chi connectivity index (χ3v) is 7.47. The van der Waals surface area contributed by atoms with Crippen LogP contribution in [-0.4, -0.2) is 33.6 Å². The molecule has 7 heteroatoms. The molecule has 1 N–H and O–H groups in total. The Morgan fingerprint density at radius 2 is 1.69 bits per heavy atom. The summed E-state index contributed by atoms with van der Waals surface area (Å²) in [4.78, 5) is 33.9. The lowest BCUT2D eigenvalue weighted by atomic mass is 10.0. The lowest BCUT2D eigenvalue weighted by molar-refractivity contribution is -0.141. The predicted octanol–water partition coefficient (Wildman–Crippen LogP) is 3.07. The zero-order chi connectivity index (χ0) is 22.0. The fourth-order valence-corrected chi connectivity index (χ4v) is 5.89. The van der Waals surface area contributed by atoms with Crippen molar-refractivity contribution in [1.29, 1.82) is 0 Å². The van der Waals surface area contributed by atoms with Crippen LogP contribution >= 0.6 is 0 Å². The van der Waals surface area contributed by atoms with E-state index in [-0.39, 0.29) is 11.5 Å². The van der Waals surface area contributed by atoms with Crippen LogP contribution in [0.3, 0.4) is 0 Å². The molecule has 164 valence electrons. The van der Waals surface area contributed by atoms with Crippen LogP contribution in [0.1, 0.15) is 29.5 Å². The number of rotatable bonds is 3. The van der Waals surface area contributed by atoms with E-state index in [1.807, 2.05) is 25.3 Å². The Labute approximate surface area is 185 Å². The fourth-order valence-electron chi connectivity index (χ4n) is 5.89. The third kappa shape index (κ3) is 3.06. The molecule has 2 fully saturated rings. The van der Waals surface area contributed by atoms with Crippen molar-refractivity contribution in [3.8, 4) is 0 Å². The molecule has 7 nitrogen and oxygen atoms in total. The first kappa shape index (κ1) is 19.3. The zero-order valence-electron chi connectivity index (χ0n) is 18.1. The highest BCUT2D eigenvalue weighted by Gasteiger charge is 2.43. The summed E-state index contributed by atoms with van der Waals surface area (Å²) in [6, 6.07) is 12.1. The molecule has 4 heterocycles. The van der Waals surface area contributed by atoms with Gasteiger partial charge in [0.15, 0.2) is 5.65 Å². The smallest absolute Gasteiger partial charge is 0.306 e. The van der Waals surface area contributed by atoms with Gasteiger partial charge < -0.3 is 14.9 Å². The minimum atomic E-state index is -0.670. The van der Waals surface area contributed by atoms with Crippen LogP contribution in [0, 0.1) is 24.7 Å². The number of pyridine rings is 1. The van der Waals surface area contributed by atoms with Crippen molar-refractivity contribution in [2.24, 2.45) is 17.8 Å². The van der Waals surface area contributed by atoms with Crippen molar-refractivity contribution in [2.45, 2.75) is 32.9 Å². The SMILES string of the molecule is Cc1cc(N2C[C@H]3CC(C(=O)O)C[C@H]3C2)c2nc(N3Cc4ccccc4C3)cc(=O)n2c1. The average molecular weight is 431 g/mol. The largest absolute Gasteiger partial charge is 0.481 e. The lowest BCUT2D eigenvalue weighted by Gasteiger charge is -2.24. The number of hydrogen-bond acceptors (Lipinski definition) is 5. The van der Waals surface area contributed by atoms with Crippen molar-refractivity contribution in [1.82, 2.24) is 9.38 Å². The topological polar surface area (TPSA) is 78.2 Å². The second-order valence-corrected chi connectivity index (χ2v) is 9.61. The molecule has 1 aromatic carbocycles. The molecule has 1 saturated heterocycles. The molecule has 0 amide bonds. The Kier molecular flexibility index (Phi) is 4.28. The number of aliphatic carboxylic acids is 1. The highest BCUT2D eigenvalue weighted by atomic mass is 16.4. The predicted molar refractivity (Wildman–Crippen MR) is 122 cm³/mol. The lowest BCUT2D eigenvalue weighted by Crippen LogP contribution is -2.27. The van der Waals surface area contributed by atoms with E-state index in [2.05, 4.69) is 28.0 Å². The van der Waals surface area contributed by atoms with E-state index >= 15 is 0 Å². The van der Waals surface area contributed by atoms with Gasteiger partial charge in [0.1, 0.15) is 5.82 Å². The number of carbonyl (C=O) groups is 1. The van der Waals surface area contributed by atoms with Crippen LogP contribution < -0.4 is 15.4 Å². The first-order chi connectivity index (χ1) is 15.5. The molecule has 1 unspecified atom stereocenters. The van der Waals surface area contributed by atoms with Gasteiger partial charge in [-0.3, -0.25) is 14.0 Å². The van der Waals surface area contributed by atoms with Gasteiger partial charge in [-0.05, 0) is 54.4 Å². The molecule has 3 atom stereocenters. The van der Waals surface area contributed by atoms with Crippen LogP contribution in [0.15, 0.2) is 47.4 Å². The fraction of sp³-hybridized carbons (Fsp3) is 0.400. The third-order valence-electron chi connectivity index (χ3n) is 7.47. The Morgan fingerprint density at radius 1 is 1.03 bits per heavy atom. The quantitative estimate of drug-likeness (QED) is 0.688. The van der Waals surface area contributed by atoms with Gasteiger partial charge in [-0.1, -0.05) is 24.3 Å². The number of carboxylic acids is 1. The second kappa shape index (κ2) is 7.08. The highest BCUT2D eigenvalue weighted by molar-refractivity contribution is 5.73. The number of anilines is 2. The molecule has 3 aromatic rings. The van der Waals surface area contributed by atoms with Gasteiger partial charge in [-0.2, -0.15) is 0 Å². The van der Waals surface area contributed by atoms with Crippen molar-refractivity contribution in [3.05, 3.63) is 69.6 Å². The summed E-state index contributed by atoms with van der Waals surface area (Å²) in [5.74, 6) is 0.600. The number of nitrogens with zero attached hydrogens (tertiary/aromatic N) is 4. The summed E-state index contributed by atoms with van der Waals surface area (Å²) < 4.78 is 1.66. The van der Waals surface area contributed by atoms with Crippen LogP contribution in [0.4, 0.5) is 11.5 Å². The van der Waals surface area contributed by atoms with E-state index in [0.29, 0.717) is 23.3 Å². The molecule has 1 aliphatic carbocycles. The summed E-state index contributed by atoms with van der Waals surface area (Å²) in [6.07, 6.45) is 3.34. The molecular weight excluding hydrogens is 404 g/mol. The molecule has 6 rings (SSSR count). The number of fused-ring (bicyclic) bond motifs is 3. The number of aromatic nitrogens is 2. The van der Waals surface area contributed by atoms with Gasteiger partial charge in [-0.25, -0.2) is 4.98 Å². The van der Waals surface area contributed by atoms with E-state index in [1.165, 1.54) is 11.1 Å². The van der Waals surface area contributed by atoms with Gasteiger partial charge in [0.25, 0.3) is 5.56 Å². The van der Waals surface area contributed by atoms with Crippen LogP contribution in [0.5, 0.6) is 0 Å². The highest BCUT2D eigenvalue weighted by Crippen LogP contribution is 2.43. The van der Waals surface area contributed by atoms with Gasteiger partial charge in [-0.15, -0.1) is 0 Å². The van der Waals surface area contributed by atoms with Crippen molar-refractivity contribution in [3.63, 3.8) is 0 Å². The minimum Gasteiger partial charge on any atom is -0.481 e. The van der Waals surface area contributed by atoms with E-state index in [4.69, 9.17) is 4.98 Å². The minimum absolute atomic E-state index is 0.0729. The van der Waals surface area contributed by atoms with Gasteiger partial charge in [0.2, 0.25) is 0 Å². The summed E-state index contributed by atoms with van der Waals surface area (Å²) >= 11 is 0. The zero-order valence-corrected chi connectivity index (χ0v) is 18.1. The summed E-state index contributed by atoms with van der Waals surface area (Å²) in [6.45, 7) is 5.15. The molecule has 1 saturated carbocycles. The normalized spacial score (nSPS) is 24.2. The molecule has 2 aliphatic heterocycles. The summed E-state index contributed by atoms with van der Waals surface area (Å²) in [5.41, 5.74) is 5.15. The number of carboxylic acid groups (broad SMARTS) is 1. The van der Waals surface area contributed by atoms with Crippen LogP contribution in [0.25, 0.3) is 5.65 Å². The Bertz CT molecular complexity index is 1260. The van der Waals surface area contributed by atoms with Gasteiger partial charge >= 0.3 is 5.97 Å². The van der Waals surface area contributed by atoms with E-state index in [0.717, 1.165) is 50.3 Å². The maximum Gasteiger partial charge on any atom is 0.306 e. The number of hydrogen-bond donors (Lipinski definition) is 1. The number of benzene rings is 1. The second-order valence-electron chi connectivity index (χ2n) is 9.61. The molecule has 0 radical (unpaired) electrons. The number of aryl methyl sites for hydroxylation is 1. The first-order valence-corrected chi connectivity index (χ1v) is 11.3. The summed E-state index contributed by atoms with van der Waals surface area (Å²) in [5, 5.41) is 9.39. The van der Waals surface area contributed by atoms with E-state index in [1.54, 1.807) is 10.5 Å². The van der Waals surface area contributed by atoms with Gasteiger partial charge in [0.05, 0.1) is 11.6 Å². The molecule has 0 spiro atoms. The van der Waals surface area contributed by atoms with Crippen molar-refractivity contribution in [2.75, 3.05) is 22.9 Å². The molecule has 0 bridgehead atoms. The maximum absolute atomic E-state index is 13.1. The molecule has 32 heavy (non-hydrogen) atoms. The Hall–Kier alpha value is -3.35. The first-order valence-electron chi connectivity index (χ1n) is 11.3. The Morgan fingerprint density at radius 3 is 2.31 bits per heavy atom. The van der Waals surface area contributed by atoms with Crippen molar-refractivity contribution >= 4 is 23.1 Å². The van der Waals surface area contributed by atoms with E-state index in [9.17, 15) is 14.7 Å². The van der Waals surface area contributed by atoms with Gasteiger partial charge in [0, 0.05) is 38.4 Å². The maximum atomic E-state index is 13.1. The monoisotopic (exact) mass is 430 g/mol. The molecule has 3 aliphatic rings. The summed E-state index contributed by atoms with van der Waals surface area (Å²) in [7, 11) is 0. The van der Waals surface area contributed by atoms with Crippen LogP contribution in [0.2, 0.25) is 0 Å². The van der Waals surface area contributed by atoms with Crippen molar-refractivity contribution < 1.29 is 9.90 Å². The standard InChI is InChI=1S/C25H26N4O3/c1-15-6-21(27-13-19-7-18(25(31)32)8-20(19)14-27)24-26-22(9-23(30)29(24)10-15)28-11-16-4-2-3-5-17(16)12-28/h2-6,9-10,18-20H,7-8,11-14H2,1H3,(H,31,32)/t18?,19-,20+.